The number of piperidine rings is 1. The molecule has 4 rings (SSSR count). The number of nitrogens with one attached hydrogen (secondary N) is 2. The van der Waals surface area contributed by atoms with E-state index >= 15 is 0 Å². The Morgan fingerprint density at radius 2 is 2.19 bits per heavy atom. The second kappa shape index (κ2) is 7.69. The van der Waals surface area contributed by atoms with Crippen molar-refractivity contribution in [2.45, 2.75) is 32.7 Å². The number of hydrogen-bond donors (Lipinski definition) is 2. The van der Waals surface area contributed by atoms with Crippen molar-refractivity contribution in [3.05, 3.63) is 59.4 Å². The van der Waals surface area contributed by atoms with Crippen molar-refractivity contribution < 1.29 is 4.79 Å². The highest BCUT2D eigenvalue weighted by atomic mass is 16.2. The third-order valence-corrected chi connectivity index (χ3v) is 6.04. The van der Waals surface area contributed by atoms with Crippen molar-refractivity contribution in [1.29, 1.82) is 0 Å². The highest BCUT2D eigenvalue weighted by Crippen LogP contribution is 2.37. The Hall–Kier alpha value is -2.40. The number of anilines is 1. The van der Waals surface area contributed by atoms with Crippen molar-refractivity contribution in [2.24, 2.45) is 5.41 Å². The lowest BCUT2D eigenvalue weighted by Crippen LogP contribution is -2.42. The number of amides is 1. The van der Waals surface area contributed by atoms with Crippen molar-refractivity contribution in [3.63, 3.8) is 0 Å². The molecule has 2 fully saturated rings. The normalized spacial score (nSPS) is 22.2. The molecule has 2 aliphatic rings. The van der Waals surface area contributed by atoms with E-state index in [1.807, 2.05) is 43.3 Å². The Bertz CT molecular complexity index is 799. The molecule has 2 N–H and O–H groups in total. The van der Waals surface area contributed by atoms with Gasteiger partial charge >= 0.3 is 0 Å². The smallest absolute Gasteiger partial charge is 0.254 e. The average Bonchev–Trinajstić information content (AvgIpc) is 3.11. The van der Waals surface area contributed by atoms with E-state index in [-0.39, 0.29) is 11.3 Å². The summed E-state index contributed by atoms with van der Waals surface area (Å²) in [4.78, 5) is 19.6. The molecule has 0 saturated carbocycles. The van der Waals surface area contributed by atoms with Crippen LogP contribution in [0.25, 0.3) is 0 Å². The van der Waals surface area contributed by atoms with Gasteiger partial charge in [-0.3, -0.25) is 9.78 Å². The first kappa shape index (κ1) is 18.0. The summed E-state index contributed by atoms with van der Waals surface area (Å²) >= 11 is 0. The lowest BCUT2D eigenvalue weighted by molar-refractivity contribution is 0.0763. The fraction of sp³-hybridized carbons (Fsp3) is 0.455. The zero-order valence-electron chi connectivity index (χ0n) is 16.0. The van der Waals surface area contributed by atoms with Crippen LogP contribution in [0.1, 0.15) is 40.9 Å². The first-order chi connectivity index (χ1) is 13.2. The number of carbonyl (C=O) groups excluding carboxylic acids is 1. The highest BCUT2D eigenvalue weighted by Gasteiger charge is 2.40. The molecular weight excluding hydrogens is 336 g/mol. The molecule has 0 bridgehead atoms. The lowest BCUT2D eigenvalue weighted by atomic mass is 9.80. The van der Waals surface area contributed by atoms with E-state index in [0.29, 0.717) is 6.54 Å². The molecule has 2 aliphatic heterocycles. The van der Waals surface area contributed by atoms with E-state index in [1.165, 1.54) is 12.8 Å². The van der Waals surface area contributed by atoms with E-state index in [1.54, 1.807) is 6.20 Å². The Morgan fingerprint density at radius 3 is 2.96 bits per heavy atom. The minimum absolute atomic E-state index is 0.163. The lowest BCUT2D eigenvalue weighted by Gasteiger charge is -2.33. The number of benzene rings is 1. The monoisotopic (exact) mass is 364 g/mol. The minimum Gasteiger partial charge on any atom is -0.379 e. The van der Waals surface area contributed by atoms with Crippen LogP contribution in [0, 0.1) is 12.3 Å². The van der Waals surface area contributed by atoms with Gasteiger partial charge in [-0.05, 0) is 62.6 Å². The molecule has 0 radical (unpaired) electrons. The third-order valence-electron chi connectivity index (χ3n) is 6.04. The predicted octanol–water partition coefficient (Wildman–Crippen LogP) is 3.22. The minimum atomic E-state index is 0.163. The van der Waals surface area contributed by atoms with Gasteiger partial charge in [-0.15, -0.1) is 0 Å². The fourth-order valence-corrected chi connectivity index (χ4v) is 4.40. The van der Waals surface area contributed by atoms with Crippen molar-refractivity contribution in [1.82, 2.24) is 15.2 Å². The van der Waals surface area contributed by atoms with Crippen LogP contribution >= 0.6 is 0 Å². The van der Waals surface area contributed by atoms with Crippen LogP contribution in [-0.2, 0) is 6.54 Å². The van der Waals surface area contributed by atoms with E-state index in [9.17, 15) is 4.79 Å². The van der Waals surface area contributed by atoms with Crippen LogP contribution < -0.4 is 10.6 Å². The Kier molecular flexibility index (Phi) is 5.12. The Labute approximate surface area is 161 Å². The number of likely N-dealkylation sites (tertiary alicyclic amines) is 1. The molecular formula is C22H28N4O. The first-order valence-electron chi connectivity index (χ1n) is 9.90. The van der Waals surface area contributed by atoms with Gasteiger partial charge < -0.3 is 15.5 Å². The maximum absolute atomic E-state index is 13.2. The van der Waals surface area contributed by atoms with Gasteiger partial charge in [0.15, 0.2) is 0 Å². The molecule has 5 heteroatoms. The first-order valence-corrected chi connectivity index (χ1v) is 9.90. The van der Waals surface area contributed by atoms with Gasteiger partial charge in [0, 0.05) is 42.5 Å². The topological polar surface area (TPSA) is 57.3 Å². The van der Waals surface area contributed by atoms with Crippen LogP contribution in [0.3, 0.4) is 0 Å². The fourth-order valence-electron chi connectivity index (χ4n) is 4.40. The second-order valence-corrected chi connectivity index (χ2v) is 7.91. The highest BCUT2D eigenvalue weighted by molar-refractivity contribution is 5.97. The predicted molar refractivity (Wildman–Crippen MR) is 108 cm³/mol. The summed E-state index contributed by atoms with van der Waals surface area (Å²) in [6, 6.07) is 11.9. The number of hydrogen-bond acceptors (Lipinski definition) is 4. The molecule has 2 saturated heterocycles. The molecule has 1 spiro atoms. The summed E-state index contributed by atoms with van der Waals surface area (Å²) in [5, 5.41) is 6.94. The molecule has 3 heterocycles. The summed E-state index contributed by atoms with van der Waals surface area (Å²) in [6.45, 7) is 6.58. The summed E-state index contributed by atoms with van der Waals surface area (Å²) in [5.74, 6) is 0.163. The third kappa shape index (κ3) is 3.83. The molecule has 5 nitrogen and oxygen atoms in total. The van der Waals surface area contributed by atoms with E-state index < -0.39 is 0 Å². The van der Waals surface area contributed by atoms with Crippen LogP contribution in [-0.4, -0.2) is 42.0 Å². The SMILES string of the molecule is Cc1c(NCc2ccccn2)cccc1C(=O)N1CC[C@@]2(CCCNC2)C1. The number of pyridine rings is 1. The number of nitrogens with zero attached hydrogens (tertiary/aromatic N) is 2. The summed E-state index contributed by atoms with van der Waals surface area (Å²) in [7, 11) is 0. The molecule has 0 unspecified atom stereocenters. The molecule has 0 aliphatic carbocycles. The van der Waals surface area contributed by atoms with Gasteiger partial charge in [-0.2, -0.15) is 0 Å². The molecule has 1 aromatic heterocycles. The van der Waals surface area contributed by atoms with Crippen molar-refractivity contribution >= 4 is 11.6 Å². The standard InChI is InChI=1S/C22H28N4O/c1-17-19(7-4-8-20(17)25-14-18-6-2-3-12-24-18)21(27)26-13-10-22(16-26)9-5-11-23-15-22/h2-4,6-8,12,23,25H,5,9-11,13-16H2,1H3/t22-/m1/s1. The van der Waals surface area contributed by atoms with Gasteiger partial charge in [-0.1, -0.05) is 12.1 Å². The Morgan fingerprint density at radius 1 is 1.26 bits per heavy atom. The average molecular weight is 364 g/mol. The molecule has 142 valence electrons. The zero-order chi connectivity index (χ0) is 18.7. The molecule has 2 aromatic rings. The van der Waals surface area contributed by atoms with Gasteiger partial charge in [0.1, 0.15) is 0 Å². The number of aromatic nitrogens is 1. The van der Waals surface area contributed by atoms with Crippen molar-refractivity contribution in [3.8, 4) is 0 Å². The molecule has 1 aromatic carbocycles. The van der Waals surface area contributed by atoms with Crippen LogP contribution in [0.15, 0.2) is 42.6 Å². The van der Waals surface area contributed by atoms with E-state index in [2.05, 4.69) is 20.5 Å². The Balaban J connectivity index is 1.46. The molecule has 1 amide bonds. The van der Waals surface area contributed by atoms with Crippen LogP contribution in [0.4, 0.5) is 5.69 Å². The number of rotatable bonds is 4. The quantitative estimate of drug-likeness (QED) is 0.875. The van der Waals surface area contributed by atoms with E-state index in [0.717, 1.165) is 55.1 Å². The molecule has 27 heavy (non-hydrogen) atoms. The summed E-state index contributed by atoms with van der Waals surface area (Å²) in [6.07, 6.45) is 5.36. The van der Waals surface area contributed by atoms with Gasteiger partial charge in [0.2, 0.25) is 0 Å². The van der Waals surface area contributed by atoms with Crippen LogP contribution in [0.5, 0.6) is 0 Å². The van der Waals surface area contributed by atoms with Crippen LogP contribution in [0.2, 0.25) is 0 Å². The summed E-state index contributed by atoms with van der Waals surface area (Å²) < 4.78 is 0. The summed E-state index contributed by atoms with van der Waals surface area (Å²) in [5.41, 5.74) is 4.10. The van der Waals surface area contributed by atoms with E-state index in [4.69, 9.17) is 0 Å². The van der Waals surface area contributed by atoms with Gasteiger partial charge in [-0.25, -0.2) is 0 Å². The van der Waals surface area contributed by atoms with Gasteiger partial charge in [0.25, 0.3) is 5.91 Å². The number of carbonyl (C=O) groups is 1. The van der Waals surface area contributed by atoms with Crippen molar-refractivity contribution in [2.75, 3.05) is 31.5 Å². The largest absolute Gasteiger partial charge is 0.379 e. The van der Waals surface area contributed by atoms with Gasteiger partial charge in [0.05, 0.1) is 12.2 Å². The maximum atomic E-state index is 13.2. The zero-order valence-corrected chi connectivity index (χ0v) is 16.0. The molecule has 1 atom stereocenters. The second-order valence-electron chi connectivity index (χ2n) is 7.91. The maximum Gasteiger partial charge on any atom is 0.254 e.